The van der Waals surface area contributed by atoms with Gasteiger partial charge in [0.25, 0.3) is 0 Å². The third-order valence-corrected chi connectivity index (χ3v) is 5.75. The standard InChI is InChI=1S/C21H31N3O3/c1-3-7-17-13-19(12-15(2)22-17)24(18-8-5-4-6-9-18)21(27)23-11-10-16(14-23)20(25)26/h4-6,8-9,15-17,19,22H,3,7,10-14H2,1-2H3,(H,25,26)/t15-,16+,17-,19+/m0/s1. The molecule has 2 aliphatic rings. The maximum atomic E-state index is 13.4. The van der Waals surface area contributed by atoms with Crippen LogP contribution in [0.1, 0.15) is 46.0 Å². The zero-order valence-corrected chi connectivity index (χ0v) is 16.3. The predicted molar refractivity (Wildman–Crippen MR) is 106 cm³/mol. The highest BCUT2D eigenvalue weighted by molar-refractivity contribution is 5.93. The molecule has 0 spiro atoms. The van der Waals surface area contributed by atoms with Gasteiger partial charge < -0.3 is 15.3 Å². The van der Waals surface area contributed by atoms with Crippen molar-refractivity contribution in [3.8, 4) is 0 Å². The molecule has 0 unspecified atom stereocenters. The number of para-hydroxylation sites is 1. The summed E-state index contributed by atoms with van der Waals surface area (Å²) in [4.78, 5) is 28.4. The lowest BCUT2D eigenvalue weighted by atomic mass is 9.90. The summed E-state index contributed by atoms with van der Waals surface area (Å²) in [5.74, 6) is -1.26. The van der Waals surface area contributed by atoms with Crippen molar-refractivity contribution in [1.29, 1.82) is 0 Å². The van der Waals surface area contributed by atoms with Gasteiger partial charge in [-0.05, 0) is 44.7 Å². The molecule has 1 aromatic rings. The Morgan fingerprint density at radius 1 is 1.26 bits per heavy atom. The van der Waals surface area contributed by atoms with E-state index in [1.54, 1.807) is 4.90 Å². The van der Waals surface area contributed by atoms with Crippen molar-refractivity contribution in [3.05, 3.63) is 30.3 Å². The largest absolute Gasteiger partial charge is 0.481 e. The lowest BCUT2D eigenvalue weighted by molar-refractivity contribution is -0.141. The molecule has 0 bridgehead atoms. The predicted octanol–water partition coefficient (Wildman–Crippen LogP) is 3.33. The van der Waals surface area contributed by atoms with E-state index < -0.39 is 11.9 Å². The molecular formula is C21H31N3O3. The maximum Gasteiger partial charge on any atom is 0.324 e. The van der Waals surface area contributed by atoms with Crippen LogP contribution in [0.3, 0.4) is 0 Å². The molecule has 0 radical (unpaired) electrons. The minimum absolute atomic E-state index is 0.0562. The van der Waals surface area contributed by atoms with Gasteiger partial charge in [-0.25, -0.2) is 4.79 Å². The number of nitrogens with zero attached hydrogens (tertiary/aromatic N) is 2. The molecule has 2 amide bonds. The summed E-state index contributed by atoms with van der Waals surface area (Å²) in [6, 6.07) is 10.6. The van der Waals surface area contributed by atoms with Crippen LogP contribution < -0.4 is 10.2 Å². The molecule has 27 heavy (non-hydrogen) atoms. The second-order valence-electron chi connectivity index (χ2n) is 7.94. The number of carboxylic acid groups (broad SMARTS) is 1. The first kappa shape index (κ1) is 19.7. The van der Waals surface area contributed by atoms with Crippen LogP contribution in [0.5, 0.6) is 0 Å². The molecule has 3 rings (SSSR count). The molecule has 2 saturated heterocycles. The van der Waals surface area contributed by atoms with Gasteiger partial charge in [-0.1, -0.05) is 31.5 Å². The topological polar surface area (TPSA) is 72.9 Å². The van der Waals surface area contributed by atoms with Gasteiger partial charge in [-0.2, -0.15) is 0 Å². The van der Waals surface area contributed by atoms with Crippen LogP contribution in [0.2, 0.25) is 0 Å². The van der Waals surface area contributed by atoms with Gasteiger partial charge in [0.1, 0.15) is 0 Å². The Bertz CT molecular complexity index is 651. The summed E-state index contributed by atoms with van der Waals surface area (Å²) >= 11 is 0. The Hall–Kier alpha value is -2.08. The Morgan fingerprint density at radius 3 is 2.63 bits per heavy atom. The fraction of sp³-hybridized carbons (Fsp3) is 0.619. The van der Waals surface area contributed by atoms with Crippen molar-refractivity contribution in [2.75, 3.05) is 18.0 Å². The van der Waals surface area contributed by atoms with Crippen LogP contribution in [0, 0.1) is 5.92 Å². The summed E-state index contributed by atoms with van der Waals surface area (Å²) in [5, 5.41) is 12.9. The fourth-order valence-electron chi connectivity index (χ4n) is 4.49. The first-order valence-electron chi connectivity index (χ1n) is 10.1. The van der Waals surface area contributed by atoms with Crippen LogP contribution in [-0.4, -0.2) is 53.2 Å². The van der Waals surface area contributed by atoms with E-state index in [4.69, 9.17) is 0 Å². The van der Waals surface area contributed by atoms with Crippen LogP contribution in [0.25, 0.3) is 0 Å². The molecular weight excluding hydrogens is 342 g/mol. The first-order valence-corrected chi connectivity index (χ1v) is 10.1. The maximum absolute atomic E-state index is 13.4. The number of hydrogen-bond donors (Lipinski definition) is 2. The number of piperidine rings is 1. The molecule has 4 atom stereocenters. The Labute approximate surface area is 161 Å². The highest BCUT2D eigenvalue weighted by Crippen LogP contribution is 2.29. The first-order chi connectivity index (χ1) is 13.0. The molecule has 1 aromatic carbocycles. The van der Waals surface area contributed by atoms with Crippen molar-refractivity contribution in [1.82, 2.24) is 10.2 Å². The second kappa shape index (κ2) is 8.74. The van der Waals surface area contributed by atoms with Crippen molar-refractivity contribution < 1.29 is 14.7 Å². The smallest absolute Gasteiger partial charge is 0.324 e. The van der Waals surface area contributed by atoms with E-state index in [1.165, 1.54) is 0 Å². The third kappa shape index (κ3) is 4.61. The number of likely N-dealkylation sites (tertiary alicyclic amines) is 1. The number of carbonyl (C=O) groups excluding carboxylic acids is 1. The van der Waals surface area contributed by atoms with Gasteiger partial charge in [-0.3, -0.25) is 9.69 Å². The summed E-state index contributed by atoms with van der Waals surface area (Å²) in [7, 11) is 0. The number of benzene rings is 1. The third-order valence-electron chi connectivity index (χ3n) is 5.75. The van der Waals surface area contributed by atoms with Crippen LogP contribution >= 0.6 is 0 Å². The molecule has 0 aliphatic carbocycles. The quantitative estimate of drug-likeness (QED) is 0.830. The van der Waals surface area contributed by atoms with Crippen molar-refractivity contribution in [2.45, 2.75) is 64.1 Å². The number of hydrogen-bond acceptors (Lipinski definition) is 3. The van der Waals surface area contributed by atoms with Gasteiger partial charge in [0, 0.05) is 36.9 Å². The number of nitrogens with one attached hydrogen (secondary N) is 1. The highest BCUT2D eigenvalue weighted by Gasteiger charge is 2.38. The number of carbonyl (C=O) groups is 2. The number of anilines is 1. The molecule has 2 heterocycles. The number of carboxylic acids is 1. The fourth-order valence-corrected chi connectivity index (χ4v) is 4.49. The highest BCUT2D eigenvalue weighted by atomic mass is 16.4. The van der Waals surface area contributed by atoms with Gasteiger partial charge >= 0.3 is 12.0 Å². The molecule has 6 nitrogen and oxygen atoms in total. The van der Waals surface area contributed by atoms with E-state index in [1.807, 2.05) is 35.2 Å². The molecule has 6 heteroatoms. The van der Waals surface area contributed by atoms with Crippen LogP contribution in [-0.2, 0) is 4.79 Å². The van der Waals surface area contributed by atoms with E-state index in [0.29, 0.717) is 31.6 Å². The van der Waals surface area contributed by atoms with Gasteiger partial charge in [0.2, 0.25) is 0 Å². The number of aliphatic carboxylic acids is 1. The molecule has 2 fully saturated rings. The average molecular weight is 373 g/mol. The number of amides is 2. The monoisotopic (exact) mass is 373 g/mol. The molecule has 0 saturated carbocycles. The van der Waals surface area contributed by atoms with E-state index >= 15 is 0 Å². The van der Waals surface area contributed by atoms with Crippen LogP contribution in [0.15, 0.2) is 30.3 Å². The summed E-state index contributed by atoms with van der Waals surface area (Å²) in [6.45, 7) is 5.18. The Balaban J connectivity index is 1.83. The summed E-state index contributed by atoms with van der Waals surface area (Å²) in [5.41, 5.74) is 0.899. The Kier molecular flexibility index (Phi) is 6.37. The number of urea groups is 1. The van der Waals surface area contributed by atoms with Crippen molar-refractivity contribution in [3.63, 3.8) is 0 Å². The van der Waals surface area contributed by atoms with E-state index in [0.717, 1.165) is 31.4 Å². The molecule has 2 aliphatic heterocycles. The molecule has 0 aromatic heterocycles. The second-order valence-corrected chi connectivity index (χ2v) is 7.94. The van der Waals surface area contributed by atoms with E-state index in [9.17, 15) is 14.7 Å². The van der Waals surface area contributed by atoms with Gasteiger partial charge in [-0.15, -0.1) is 0 Å². The summed E-state index contributed by atoms with van der Waals surface area (Å²) < 4.78 is 0. The minimum atomic E-state index is -0.810. The zero-order valence-electron chi connectivity index (χ0n) is 16.3. The lowest BCUT2D eigenvalue weighted by Crippen LogP contribution is -2.56. The molecule has 2 N–H and O–H groups in total. The zero-order chi connectivity index (χ0) is 19.4. The van der Waals surface area contributed by atoms with Crippen molar-refractivity contribution in [2.24, 2.45) is 5.92 Å². The SMILES string of the molecule is CCC[C@H]1C[C@H](N(C(=O)N2CC[C@@H](C(=O)O)C2)c2ccccc2)C[C@H](C)N1. The minimum Gasteiger partial charge on any atom is -0.481 e. The van der Waals surface area contributed by atoms with Gasteiger partial charge in [0.15, 0.2) is 0 Å². The van der Waals surface area contributed by atoms with Crippen molar-refractivity contribution >= 4 is 17.7 Å². The molecule has 148 valence electrons. The average Bonchev–Trinajstić information content (AvgIpc) is 3.13. The van der Waals surface area contributed by atoms with Gasteiger partial charge in [0.05, 0.1) is 5.92 Å². The lowest BCUT2D eigenvalue weighted by Gasteiger charge is -2.42. The van der Waals surface area contributed by atoms with E-state index in [2.05, 4.69) is 19.2 Å². The normalized spacial score (nSPS) is 28.1. The van der Waals surface area contributed by atoms with E-state index in [-0.39, 0.29) is 12.1 Å². The summed E-state index contributed by atoms with van der Waals surface area (Å²) in [6.07, 6.45) is 4.57. The Morgan fingerprint density at radius 2 is 2.00 bits per heavy atom. The number of rotatable bonds is 5. The van der Waals surface area contributed by atoms with Crippen LogP contribution in [0.4, 0.5) is 10.5 Å².